The largest absolute Gasteiger partial charge is 0.496 e. The fraction of sp³-hybridized carbons (Fsp3) is 0.333. The fourth-order valence-electron chi connectivity index (χ4n) is 3.33. The van der Waals surface area contributed by atoms with Crippen LogP contribution in [0.15, 0.2) is 47.3 Å². The second-order valence-electron chi connectivity index (χ2n) is 8.79. The maximum absolute atomic E-state index is 5.61. The number of methoxy groups -OCH3 is 1. The molecular formula is C24H27N5O2. The van der Waals surface area contributed by atoms with Crippen LogP contribution in [-0.2, 0) is 6.42 Å². The van der Waals surface area contributed by atoms with Crippen LogP contribution in [0.25, 0.3) is 22.4 Å². The molecule has 0 fully saturated rings. The van der Waals surface area contributed by atoms with Gasteiger partial charge in [0.15, 0.2) is 5.82 Å². The Hall–Kier alpha value is -3.48. The number of fused-ring (bicyclic) bond motifs is 1. The number of ether oxygens (including phenoxy) is 1. The second-order valence-corrected chi connectivity index (χ2v) is 8.79. The van der Waals surface area contributed by atoms with Crippen LogP contribution in [0.4, 0.5) is 5.82 Å². The lowest BCUT2D eigenvalue weighted by atomic mass is 9.97. The number of nitrogens with zero attached hydrogens (tertiary/aromatic N) is 4. The number of aromatic nitrogens is 4. The van der Waals surface area contributed by atoms with Crippen LogP contribution in [0.1, 0.15) is 37.9 Å². The third kappa shape index (κ3) is 4.82. The maximum Gasteiger partial charge on any atom is 0.225 e. The number of oxazole rings is 1. The second kappa shape index (κ2) is 8.34. The van der Waals surface area contributed by atoms with Crippen molar-refractivity contribution in [3.05, 3.63) is 60.0 Å². The molecule has 0 atom stereocenters. The maximum atomic E-state index is 5.61. The number of benzene rings is 1. The molecule has 0 aliphatic heterocycles. The summed E-state index contributed by atoms with van der Waals surface area (Å²) in [7, 11) is 1.65. The zero-order valence-corrected chi connectivity index (χ0v) is 18.6. The molecule has 1 N–H and O–H groups in total. The average Bonchev–Trinajstić information content (AvgIpc) is 3.27. The van der Waals surface area contributed by atoms with Crippen molar-refractivity contribution < 1.29 is 9.15 Å². The molecule has 0 radical (unpaired) electrons. The Morgan fingerprint density at radius 1 is 1.10 bits per heavy atom. The molecule has 0 aliphatic carbocycles. The average molecular weight is 418 g/mol. The van der Waals surface area contributed by atoms with Gasteiger partial charge in [0.25, 0.3) is 0 Å². The van der Waals surface area contributed by atoms with Crippen LogP contribution in [0, 0.1) is 12.3 Å². The monoisotopic (exact) mass is 417 g/mol. The summed E-state index contributed by atoms with van der Waals surface area (Å²) in [6.07, 6.45) is 5.58. The van der Waals surface area contributed by atoms with Crippen LogP contribution < -0.4 is 10.1 Å². The molecule has 0 amide bonds. The molecule has 3 aromatic heterocycles. The molecule has 4 aromatic rings. The Bertz CT molecular complexity index is 1200. The first-order valence-electron chi connectivity index (χ1n) is 10.3. The molecular weight excluding hydrogens is 390 g/mol. The van der Waals surface area contributed by atoms with Crippen molar-refractivity contribution in [2.45, 2.75) is 34.1 Å². The highest BCUT2D eigenvalue weighted by Crippen LogP contribution is 2.28. The summed E-state index contributed by atoms with van der Waals surface area (Å²) in [5, 5.41) is 4.43. The Kier molecular flexibility index (Phi) is 5.59. The summed E-state index contributed by atoms with van der Waals surface area (Å²) in [4.78, 5) is 18.3. The lowest BCUT2D eigenvalue weighted by Crippen LogP contribution is -2.20. The van der Waals surface area contributed by atoms with Gasteiger partial charge in [0.2, 0.25) is 5.89 Å². The molecule has 1 aromatic carbocycles. The Balaban J connectivity index is 1.66. The van der Waals surface area contributed by atoms with Gasteiger partial charge in [-0.05, 0) is 30.5 Å². The van der Waals surface area contributed by atoms with Gasteiger partial charge in [-0.25, -0.2) is 19.9 Å². The van der Waals surface area contributed by atoms with Crippen molar-refractivity contribution >= 4 is 16.7 Å². The van der Waals surface area contributed by atoms with Crippen molar-refractivity contribution in [3.63, 3.8) is 0 Å². The molecule has 0 saturated carbocycles. The van der Waals surface area contributed by atoms with Crippen molar-refractivity contribution in [2.75, 3.05) is 19.0 Å². The van der Waals surface area contributed by atoms with Crippen molar-refractivity contribution in [3.8, 4) is 17.2 Å². The highest BCUT2D eigenvalue weighted by Gasteiger charge is 2.15. The predicted octanol–water partition coefficient (Wildman–Crippen LogP) is 5.05. The van der Waals surface area contributed by atoms with Crippen molar-refractivity contribution in [1.82, 2.24) is 19.9 Å². The Morgan fingerprint density at radius 3 is 2.65 bits per heavy atom. The van der Waals surface area contributed by atoms with E-state index in [9.17, 15) is 0 Å². The molecule has 0 unspecified atom stereocenters. The summed E-state index contributed by atoms with van der Waals surface area (Å²) in [5.41, 5.74) is 3.74. The van der Waals surface area contributed by atoms with Gasteiger partial charge in [-0.1, -0.05) is 26.8 Å². The van der Waals surface area contributed by atoms with E-state index in [2.05, 4.69) is 41.0 Å². The first-order valence-corrected chi connectivity index (χ1v) is 10.3. The summed E-state index contributed by atoms with van der Waals surface area (Å²) >= 11 is 0. The molecule has 31 heavy (non-hydrogen) atoms. The lowest BCUT2D eigenvalue weighted by molar-refractivity contribution is 0.410. The Labute approximate surface area is 181 Å². The standard InChI is InChI=1S/C24H27N5O2/c1-15-10-18-13-26-20(29-21(18)22(28-15)27-14-24(2,3)4)12-16-6-7-17(11-19(16)30-5)23-25-8-9-31-23/h6-11,13H,12,14H2,1-5H3,(H,27,28). The topological polar surface area (TPSA) is 86.0 Å². The molecule has 7 heteroatoms. The van der Waals surface area contributed by atoms with E-state index in [1.807, 2.05) is 37.4 Å². The number of pyridine rings is 1. The normalized spacial score (nSPS) is 11.6. The SMILES string of the molecule is COc1cc(-c2ncco2)ccc1Cc1ncc2cc(C)nc(NCC(C)(C)C)c2n1. The van der Waals surface area contributed by atoms with E-state index < -0.39 is 0 Å². The fourth-order valence-corrected chi connectivity index (χ4v) is 3.33. The minimum Gasteiger partial charge on any atom is -0.496 e. The molecule has 0 bridgehead atoms. The van der Waals surface area contributed by atoms with Crippen LogP contribution in [0.3, 0.4) is 0 Å². The highest BCUT2D eigenvalue weighted by atomic mass is 16.5. The van der Waals surface area contributed by atoms with Crippen molar-refractivity contribution in [1.29, 1.82) is 0 Å². The number of anilines is 1. The van der Waals surface area contributed by atoms with Crippen LogP contribution >= 0.6 is 0 Å². The highest BCUT2D eigenvalue weighted by molar-refractivity contribution is 5.88. The van der Waals surface area contributed by atoms with Gasteiger partial charge in [-0.2, -0.15) is 0 Å². The first-order chi connectivity index (χ1) is 14.8. The summed E-state index contributed by atoms with van der Waals surface area (Å²) < 4.78 is 11.0. The summed E-state index contributed by atoms with van der Waals surface area (Å²) in [5.74, 6) is 2.80. The van der Waals surface area contributed by atoms with Crippen LogP contribution in [-0.4, -0.2) is 33.6 Å². The third-order valence-electron chi connectivity index (χ3n) is 4.84. The quantitative estimate of drug-likeness (QED) is 0.470. The van der Waals surface area contributed by atoms with Gasteiger partial charge >= 0.3 is 0 Å². The molecule has 160 valence electrons. The van der Waals surface area contributed by atoms with Gasteiger partial charge in [0.1, 0.15) is 23.4 Å². The van der Waals surface area contributed by atoms with E-state index in [-0.39, 0.29) is 5.41 Å². The zero-order chi connectivity index (χ0) is 22.0. The minimum absolute atomic E-state index is 0.131. The molecule has 0 aliphatic rings. The zero-order valence-electron chi connectivity index (χ0n) is 18.6. The van der Waals surface area contributed by atoms with E-state index in [4.69, 9.17) is 14.1 Å². The smallest absolute Gasteiger partial charge is 0.225 e. The lowest BCUT2D eigenvalue weighted by Gasteiger charge is -2.20. The number of aryl methyl sites for hydroxylation is 1. The summed E-state index contributed by atoms with van der Waals surface area (Å²) in [6.45, 7) is 9.34. The van der Waals surface area contributed by atoms with Gasteiger partial charge in [0, 0.05) is 41.4 Å². The predicted molar refractivity (Wildman–Crippen MR) is 121 cm³/mol. The van der Waals surface area contributed by atoms with Crippen LogP contribution in [0.5, 0.6) is 5.75 Å². The van der Waals surface area contributed by atoms with E-state index in [0.717, 1.165) is 45.8 Å². The number of hydrogen-bond donors (Lipinski definition) is 1. The molecule has 0 spiro atoms. The molecule has 7 nitrogen and oxygen atoms in total. The minimum atomic E-state index is 0.131. The van der Waals surface area contributed by atoms with Gasteiger partial charge in [-0.3, -0.25) is 0 Å². The van der Waals surface area contributed by atoms with E-state index in [0.29, 0.717) is 18.1 Å². The third-order valence-corrected chi connectivity index (χ3v) is 4.84. The number of nitrogens with one attached hydrogen (secondary N) is 1. The van der Waals surface area contributed by atoms with E-state index >= 15 is 0 Å². The van der Waals surface area contributed by atoms with Gasteiger partial charge < -0.3 is 14.5 Å². The van der Waals surface area contributed by atoms with Crippen LogP contribution in [0.2, 0.25) is 0 Å². The van der Waals surface area contributed by atoms with Gasteiger partial charge in [-0.15, -0.1) is 0 Å². The molecule has 0 saturated heterocycles. The molecule has 3 heterocycles. The van der Waals surface area contributed by atoms with Gasteiger partial charge in [0.05, 0.1) is 13.3 Å². The van der Waals surface area contributed by atoms with Crippen molar-refractivity contribution in [2.24, 2.45) is 5.41 Å². The number of rotatable bonds is 6. The first kappa shape index (κ1) is 20.8. The Morgan fingerprint density at radius 2 is 1.94 bits per heavy atom. The summed E-state index contributed by atoms with van der Waals surface area (Å²) in [6, 6.07) is 7.89. The van der Waals surface area contributed by atoms with E-state index in [1.54, 1.807) is 19.6 Å². The molecule has 4 rings (SSSR count). The van der Waals surface area contributed by atoms with E-state index in [1.165, 1.54) is 0 Å². The number of hydrogen-bond acceptors (Lipinski definition) is 7.